The molecule has 0 saturated heterocycles. The van der Waals surface area contributed by atoms with E-state index in [-0.39, 0.29) is 5.75 Å². The largest absolute Gasteiger partial charge is 0.507 e. The third kappa shape index (κ3) is 2.35. The maximum atomic E-state index is 9.94. The molecule has 0 unspecified atom stereocenters. The van der Waals surface area contributed by atoms with Crippen LogP contribution in [0.2, 0.25) is 0 Å². The SMILES string of the molecule is Oc1ccc2ccccc2c1/C=N/NC1=NCCN1. The van der Waals surface area contributed by atoms with E-state index in [0.717, 1.165) is 23.9 Å². The summed E-state index contributed by atoms with van der Waals surface area (Å²) in [5, 5.41) is 19.1. The fourth-order valence-electron chi connectivity index (χ4n) is 2.05. The first-order valence-electron chi connectivity index (χ1n) is 6.13. The van der Waals surface area contributed by atoms with Gasteiger partial charge in [0.15, 0.2) is 0 Å². The van der Waals surface area contributed by atoms with Crippen LogP contribution in [0.15, 0.2) is 46.5 Å². The Balaban J connectivity index is 1.91. The summed E-state index contributed by atoms with van der Waals surface area (Å²) in [5.41, 5.74) is 3.52. The maximum Gasteiger partial charge on any atom is 0.212 e. The Hall–Kier alpha value is -2.56. The van der Waals surface area contributed by atoms with Crippen molar-refractivity contribution in [1.29, 1.82) is 0 Å². The van der Waals surface area contributed by atoms with Gasteiger partial charge in [-0.05, 0) is 16.8 Å². The molecule has 0 aliphatic carbocycles. The van der Waals surface area contributed by atoms with Crippen molar-refractivity contribution in [3.8, 4) is 5.75 Å². The minimum atomic E-state index is 0.213. The Morgan fingerprint density at radius 3 is 3.00 bits per heavy atom. The van der Waals surface area contributed by atoms with Gasteiger partial charge < -0.3 is 10.4 Å². The van der Waals surface area contributed by atoms with Crippen LogP contribution in [0, 0.1) is 0 Å². The van der Waals surface area contributed by atoms with Crippen molar-refractivity contribution in [1.82, 2.24) is 10.7 Å². The third-order valence-electron chi connectivity index (χ3n) is 2.99. The van der Waals surface area contributed by atoms with Crippen LogP contribution in [-0.2, 0) is 0 Å². The summed E-state index contributed by atoms with van der Waals surface area (Å²) >= 11 is 0. The van der Waals surface area contributed by atoms with Crippen LogP contribution in [-0.4, -0.2) is 30.4 Å². The number of phenols is 1. The van der Waals surface area contributed by atoms with E-state index in [1.54, 1.807) is 12.3 Å². The molecule has 0 fully saturated rings. The monoisotopic (exact) mass is 254 g/mol. The molecule has 0 aromatic heterocycles. The number of nitrogens with one attached hydrogen (secondary N) is 2. The average molecular weight is 254 g/mol. The summed E-state index contributed by atoms with van der Waals surface area (Å²) in [6, 6.07) is 11.4. The van der Waals surface area contributed by atoms with Crippen molar-refractivity contribution < 1.29 is 5.11 Å². The average Bonchev–Trinajstić information content (AvgIpc) is 2.94. The molecule has 2 aromatic rings. The molecule has 5 nitrogen and oxygen atoms in total. The van der Waals surface area contributed by atoms with E-state index in [0.29, 0.717) is 11.5 Å². The van der Waals surface area contributed by atoms with Crippen molar-refractivity contribution in [3.63, 3.8) is 0 Å². The van der Waals surface area contributed by atoms with Crippen LogP contribution in [0.4, 0.5) is 0 Å². The molecular formula is C14H14N4O. The molecule has 96 valence electrons. The first-order valence-corrected chi connectivity index (χ1v) is 6.13. The van der Waals surface area contributed by atoms with E-state index in [2.05, 4.69) is 20.8 Å². The molecule has 19 heavy (non-hydrogen) atoms. The molecule has 0 saturated carbocycles. The van der Waals surface area contributed by atoms with E-state index in [4.69, 9.17) is 0 Å². The van der Waals surface area contributed by atoms with Gasteiger partial charge >= 0.3 is 0 Å². The van der Waals surface area contributed by atoms with Crippen LogP contribution in [0.5, 0.6) is 5.75 Å². The Labute approximate surface area is 110 Å². The molecule has 1 aliphatic rings. The number of benzene rings is 2. The van der Waals surface area contributed by atoms with Crippen LogP contribution in [0.25, 0.3) is 10.8 Å². The molecule has 3 N–H and O–H groups in total. The summed E-state index contributed by atoms with van der Waals surface area (Å²) in [6.07, 6.45) is 1.61. The number of phenolic OH excluding ortho intramolecular Hbond substituents is 1. The highest BCUT2D eigenvalue weighted by Gasteiger charge is 2.05. The Morgan fingerprint density at radius 1 is 1.26 bits per heavy atom. The number of hydrazone groups is 1. The lowest BCUT2D eigenvalue weighted by molar-refractivity contribution is 0.475. The summed E-state index contributed by atoms with van der Waals surface area (Å²) in [4.78, 5) is 4.17. The molecule has 0 amide bonds. The smallest absolute Gasteiger partial charge is 0.212 e. The minimum Gasteiger partial charge on any atom is -0.507 e. The summed E-state index contributed by atoms with van der Waals surface area (Å²) in [7, 11) is 0. The lowest BCUT2D eigenvalue weighted by atomic mass is 10.0. The van der Waals surface area contributed by atoms with Gasteiger partial charge in [-0.2, -0.15) is 5.10 Å². The van der Waals surface area contributed by atoms with E-state index < -0.39 is 0 Å². The number of guanidine groups is 1. The molecule has 1 heterocycles. The zero-order chi connectivity index (χ0) is 13.1. The van der Waals surface area contributed by atoms with Crippen LogP contribution in [0.1, 0.15) is 5.56 Å². The van der Waals surface area contributed by atoms with Gasteiger partial charge in [0, 0.05) is 12.1 Å². The number of nitrogens with zero attached hydrogens (tertiary/aromatic N) is 2. The number of aromatic hydroxyl groups is 1. The minimum absolute atomic E-state index is 0.213. The van der Waals surface area contributed by atoms with Gasteiger partial charge in [0.05, 0.1) is 12.8 Å². The van der Waals surface area contributed by atoms with Crippen LogP contribution in [0.3, 0.4) is 0 Å². The Kier molecular flexibility index (Phi) is 3.02. The first-order chi connectivity index (χ1) is 9.34. The highest BCUT2D eigenvalue weighted by atomic mass is 16.3. The lowest BCUT2D eigenvalue weighted by Gasteiger charge is -2.05. The second-order valence-electron chi connectivity index (χ2n) is 4.25. The highest BCUT2D eigenvalue weighted by molar-refractivity contribution is 6.02. The van der Waals surface area contributed by atoms with Crippen LogP contribution >= 0.6 is 0 Å². The molecule has 3 rings (SSSR count). The van der Waals surface area contributed by atoms with Crippen molar-refractivity contribution in [3.05, 3.63) is 42.0 Å². The van der Waals surface area contributed by atoms with Crippen molar-refractivity contribution in [2.24, 2.45) is 10.1 Å². The fourth-order valence-corrected chi connectivity index (χ4v) is 2.05. The fraction of sp³-hybridized carbons (Fsp3) is 0.143. The topological polar surface area (TPSA) is 69.0 Å². The van der Waals surface area contributed by atoms with Crippen LogP contribution < -0.4 is 10.7 Å². The first kappa shape index (κ1) is 11.5. The molecule has 0 spiro atoms. The lowest BCUT2D eigenvalue weighted by Crippen LogP contribution is -2.30. The number of hydrogen-bond donors (Lipinski definition) is 3. The van der Waals surface area contributed by atoms with E-state index in [9.17, 15) is 5.11 Å². The quantitative estimate of drug-likeness (QED) is 0.561. The standard InChI is InChI=1S/C14H14N4O/c19-13-6-5-10-3-1-2-4-11(10)12(13)9-17-18-14-15-7-8-16-14/h1-6,9,19H,7-8H2,(H2,15,16,18)/b17-9+. The predicted molar refractivity (Wildman–Crippen MR) is 76.6 cm³/mol. The maximum absolute atomic E-state index is 9.94. The summed E-state index contributed by atoms with van der Waals surface area (Å²) in [6.45, 7) is 1.59. The van der Waals surface area contributed by atoms with Gasteiger partial charge in [-0.25, -0.2) is 10.4 Å². The van der Waals surface area contributed by atoms with Gasteiger partial charge in [-0.15, -0.1) is 0 Å². The van der Waals surface area contributed by atoms with E-state index in [1.807, 2.05) is 30.3 Å². The third-order valence-corrected chi connectivity index (χ3v) is 2.99. The second kappa shape index (κ2) is 4.97. The summed E-state index contributed by atoms with van der Waals surface area (Å²) in [5.74, 6) is 0.876. The Bertz CT molecular complexity index is 664. The number of rotatable bonds is 2. The van der Waals surface area contributed by atoms with Gasteiger partial charge in [0.25, 0.3) is 0 Å². The number of hydrogen-bond acceptors (Lipinski definition) is 5. The normalized spacial score (nSPS) is 14.6. The summed E-state index contributed by atoms with van der Waals surface area (Å²) < 4.78 is 0. The van der Waals surface area contributed by atoms with Crippen molar-refractivity contribution in [2.45, 2.75) is 0 Å². The van der Waals surface area contributed by atoms with Gasteiger partial charge in [0.1, 0.15) is 5.75 Å². The van der Waals surface area contributed by atoms with E-state index in [1.165, 1.54) is 0 Å². The van der Waals surface area contributed by atoms with Gasteiger partial charge in [-0.3, -0.25) is 0 Å². The van der Waals surface area contributed by atoms with Gasteiger partial charge in [-0.1, -0.05) is 30.3 Å². The van der Waals surface area contributed by atoms with Crippen molar-refractivity contribution >= 4 is 22.9 Å². The van der Waals surface area contributed by atoms with E-state index >= 15 is 0 Å². The molecule has 0 bridgehead atoms. The number of aliphatic imine (C=N–C) groups is 1. The molecule has 0 radical (unpaired) electrons. The molecule has 2 aromatic carbocycles. The van der Waals surface area contributed by atoms with Gasteiger partial charge in [0.2, 0.25) is 5.96 Å². The zero-order valence-electron chi connectivity index (χ0n) is 10.3. The molecular weight excluding hydrogens is 240 g/mol. The molecule has 5 heteroatoms. The molecule has 0 atom stereocenters. The van der Waals surface area contributed by atoms with Crippen molar-refractivity contribution in [2.75, 3.05) is 13.1 Å². The predicted octanol–water partition coefficient (Wildman–Crippen LogP) is 1.43. The zero-order valence-corrected chi connectivity index (χ0v) is 10.3. The Morgan fingerprint density at radius 2 is 2.16 bits per heavy atom. The second-order valence-corrected chi connectivity index (χ2v) is 4.25. The number of fused-ring (bicyclic) bond motifs is 1. The molecule has 1 aliphatic heterocycles. The highest BCUT2D eigenvalue weighted by Crippen LogP contribution is 2.25.